The highest BCUT2D eigenvalue weighted by molar-refractivity contribution is 5.94. The molecular formula is C18H20FNO3. The van der Waals surface area contributed by atoms with E-state index in [1.165, 1.54) is 12.1 Å². The van der Waals surface area contributed by atoms with Gasteiger partial charge in [-0.3, -0.25) is 4.79 Å². The van der Waals surface area contributed by atoms with Crippen molar-refractivity contribution in [3.63, 3.8) is 0 Å². The minimum Gasteiger partial charge on any atom is -0.494 e. The van der Waals surface area contributed by atoms with Crippen molar-refractivity contribution in [1.82, 2.24) is 5.32 Å². The summed E-state index contributed by atoms with van der Waals surface area (Å²) in [4.78, 5) is 12.2. The van der Waals surface area contributed by atoms with E-state index in [2.05, 4.69) is 5.32 Å². The quantitative estimate of drug-likeness (QED) is 0.825. The molecule has 0 spiro atoms. The number of aliphatic hydroxyl groups excluding tert-OH is 1. The van der Waals surface area contributed by atoms with E-state index < -0.39 is 5.82 Å². The number of hydrogen-bond acceptors (Lipinski definition) is 3. The summed E-state index contributed by atoms with van der Waals surface area (Å²) in [6.45, 7) is 2.50. The summed E-state index contributed by atoms with van der Waals surface area (Å²) in [6.07, 6.45) is 0.897. The molecule has 0 heterocycles. The average molecular weight is 317 g/mol. The Morgan fingerprint density at radius 2 is 2.09 bits per heavy atom. The van der Waals surface area contributed by atoms with E-state index in [-0.39, 0.29) is 24.6 Å². The van der Waals surface area contributed by atoms with Gasteiger partial charge in [0.15, 0.2) is 0 Å². The molecule has 0 aliphatic heterocycles. The molecule has 0 fully saturated rings. The maximum absolute atomic E-state index is 13.3. The first-order valence-electron chi connectivity index (χ1n) is 7.53. The van der Waals surface area contributed by atoms with Crippen LogP contribution in [0.4, 0.5) is 4.39 Å². The lowest BCUT2D eigenvalue weighted by molar-refractivity contribution is 0.0950. The topological polar surface area (TPSA) is 58.6 Å². The third-order valence-corrected chi connectivity index (χ3v) is 3.30. The summed E-state index contributed by atoms with van der Waals surface area (Å²) in [6, 6.07) is 11.4. The lowest BCUT2D eigenvalue weighted by atomic mass is 10.1. The molecule has 0 aliphatic rings. The van der Waals surface area contributed by atoms with Gasteiger partial charge < -0.3 is 15.2 Å². The summed E-state index contributed by atoms with van der Waals surface area (Å²) in [5.41, 5.74) is 1.44. The Bertz CT molecular complexity index is 673. The number of halogens is 1. The van der Waals surface area contributed by atoms with Crippen LogP contribution in [0, 0.1) is 5.82 Å². The fourth-order valence-corrected chi connectivity index (χ4v) is 2.09. The van der Waals surface area contributed by atoms with Crippen molar-refractivity contribution in [1.29, 1.82) is 0 Å². The molecule has 2 N–H and O–H groups in total. The molecule has 122 valence electrons. The fourth-order valence-electron chi connectivity index (χ4n) is 2.09. The second-order valence-electron chi connectivity index (χ2n) is 5.14. The zero-order valence-corrected chi connectivity index (χ0v) is 13.0. The second kappa shape index (κ2) is 8.29. The van der Waals surface area contributed by atoms with E-state index in [0.29, 0.717) is 17.9 Å². The van der Waals surface area contributed by atoms with Gasteiger partial charge in [0, 0.05) is 17.7 Å². The van der Waals surface area contributed by atoms with Crippen molar-refractivity contribution in [2.24, 2.45) is 0 Å². The minimum absolute atomic E-state index is 0.215. The van der Waals surface area contributed by atoms with Gasteiger partial charge >= 0.3 is 0 Å². The van der Waals surface area contributed by atoms with Crippen molar-refractivity contribution in [2.75, 3.05) is 6.61 Å². The molecule has 0 aliphatic carbocycles. The van der Waals surface area contributed by atoms with E-state index in [9.17, 15) is 9.18 Å². The molecule has 0 atom stereocenters. The number of carbonyl (C=O) groups excluding carboxylic acids is 1. The number of amides is 1. The molecule has 4 nitrogen and oxygen atoms in total. The third-order valence-electron chi connectivity index (χ3n) is 3.30. The number of carbonyl (C=O) groups is 1. The number of aliphatic hydroxyl groups is 1. The standard InChI is InChI=1S/C18H20FNO3/c1-2-8-23-16-5-3-4-14(10-16)18(22)20-11-13-6-7-17(19)15(9-13)12-21/h3-7,9-10,21H,2,8,11-12H2,1H3,(H,20,22). The first kappa shape index (κ1) is 17.0. The monoisotopic (exact) mass is 317 g/mol. The molecule has 0 saturated heterocycles. The van der Waals surface area contributed by atoms with Crippen LogP contribution in [0.5, 0.6) is 5.75 Å². The Morgan fingerprint density at radius 3 is 2.83 bits per heavy atom. The molecule has 0 aromatic heterocycles. The predicted octanol–water partition coefficient (Wildman–Crippen LogP) is 3.04. The third kappa shape index (κ3) is 4.79. The van der Waals surface area contributed by atoms with E-state index in [1.54, 1.807) is 30.3 Å². The van der Waals surface area contributed by atoms with Gasteiger partial charge in [-0.2, -0.15) is 0 Å². The molecule has 0 bridgehead atoms. The van der Waals surface area contributed by atoms with Crippen LogP contribution in [-0.4, -0.2) is 17.6 Å². The summed E-state index contributed by atoms with van der Waals surface area (Å²) in [7, 11) is 0. The average Bonchev–Trinajstić information content (AvgIpc) is 2.59. The molecule has 2 rings (SSSR count). The number of rotatable bonds is 7. The number of ether oxygens (including phenoxy) is 1. The molecule has 0 unspecified atom stereocenters. The van der Waals surface area contributed by atoms with E-state index in [4.69, 9.17) is 9.84 Å². The molecule has 0 saturated carbocycles. The number of nitrogens with one attached hydrogen (secondary N) is 1. The van der Waals surface area contributed by atoms with Crippen molar-refractivity contribution in [2.45, 2.75) is 26.5 Å². The zero-order chi connectivity index (χ0) is 16.7. The lowest BCUT2D eigenvalue weighted by Crippen LogP contribution is -2.22. The summed E-state index contributed by atoms with van der Waals surface area (Å²) in [5, 5.41) is 11.8. The molecule has 2 aromatic rings. The van der Waals surface area contributed by atoms with Crippen LogP contribution in [0.25, 0.3) is 0 Å². The van der Waals surface area contributed by atoms with Crippen LogP contribution < -0.4 is 10.1 Å². The highest BCUT2D eigenvalue weighted by Gasteiger charge is 2.08. The number of benzene rings is 2. The molecule has 5 heteroatoms. The van der Waals surface area contributed by atoms with Crippen molar-refractivity contribution >= 4 is 5.91 Å². The van der Waals surface area contributed by atoms with Gasteiger partial charge in [0.05, 0.1) is 13.2 Å². The molecule has 2 aromatic carbocycles. The Kier molecular flexibility index (Phi) is 6.11. The Hall–Kier alpha value is -2.40. The van der Waals surface area contributed by atoms with Gasteiger partial charge in [-0.15, -0.1) is 0 Å². The summed E-state index contributed by atoms with van der Waals surface area (Å²) < 4.78 is 18.8. The van der Waals surface area contributed by atoms with Gasteiger partial charge in [-0.25, -0.2) is 4.39 Å². The first-order chi connectivity index (χ1) is 11.1. The maximum atomic E-state index is 13.3. The molecule has 1 amide bonds. The molecular weight excluding hydrogens is 297 g/mol. The predicted molar refractivity (Wildman–Crippen MR) is 85.7 cm³/mol. The highest BCUT2D eigenvalue weighted by Crippen LogP contribution is 2.14. The van der Waals surface area contributed by atoms with E-state index >= 15 is 0 Å². The smallest absolute Gasteiger partial charge is 0.251 e. The maximum Gasteiger partial charge on any atom is 0.251 e. The Labute approximate surface area is 134 Å². The van der Waals surface area contributed by atoms with Crippen LogP contribution in [0.15, 0.2) is 42.5 Å². The van der Waals surface area contributed by atoms with Gasteiger partial charge in [-0.05, 0) is 42.3 Å². The second-order valence-corrected chi connectivity index (χ2v) is 5.14. The van der Waals surface area contributed by atoms with Crippen molar-refractivity contribution in [3.05, 3.63) is 65.0 Å². The largest absolute Gasteiger partial charge is 0.494 e. The first-order valence-corrected chi connectivity index (χ1v) is 7.53. The van der Waals surface area contributed by atoms with Gasteiger partial charge in [0.2, 0.25) is 0 Å². The van der Waals surface area contributed by atoms with Gasteiger partial charge in [0.1, 0.15) is 11.6 Å². The van der Waals surface area contributed by atoms with Gasteiger partial charge in [0.25, 0.3) is 5.91 Å². The Balaban J connectivity index is 1.99. The summed E-state index contributed by atoms with van der Waals surface area (Å²) in [5.74, 6) is -0.0333. The van der Waals surface area contributed by atoms with E-state index in [0.717, 1.165) is 12.0 Å². The van der Waals surface area contributed by atoms with Crippen LogP contribution >= 0.6 is 0 Å². The highest BCUT2D eigenvalue weighted by atomic mass is 19.1. The van der Waals surface area contributed by atoms with E-state index in [1.807, 2.05) is 6.92 Å². The van der Waals surface area contributed by atoms with Crippen LogP contribution in [0.3, 0.4) is 0 Å². The summed E-state index contributed by atoms with van der Waals surface area (Å²) >= 11 is 0. The molecule has 23 heavy (non-hydrogen) atoms. The SMILES string of the molecule is CCCOc1cccc(C(=O)NCc2ccc(F)c(CO)c2)c1. The van der Waals surface area contributed by atoms with Crippen LogP contribution in [0.2, 0.25) is 0 Å². The van der Waals surface area contributed by atoms with Crippen molar-refractivity contribution < 1.29 is 19.0 Å². The minimum atomic E-state index is -0.455. The fraction of sp³-hybridized carbons (Fsp3) is 0.278. The van der Waals surface area contributed by atoms with Crippen LogP contribution in [0.1, 0.15) is 34.8 Å². The normalized spacial score (nSPS) is 10.4. The lowest BCUT2D eigenvalue weighted by Gasteiger charge is -2.09. The van der Waals surface area contributed by atoms with Gasteiger partial charge in [-0.1, -0.05) is 19.1 Å². The number of hydrogen-bond donors (Lipinski definition) is 2. The van der Waals surface area contributed by atoms with Crippen molar-refractivity contribution in [3.8, 4) is 5.75 Å². The molecule has 0 radical (unpaired) electrons. The Morgan fingerprint density at radius 1 is 1.26 bits per heavy atom. The van der Waals surface area contributed by atoms with Crippen LogP contribution in [-0.2, 0) is 13.2 Å². The zero-order valence-electron chi connectivity index (χ0n) is 13.0.